The van der Waals surface area contributed by atoms with Crippen LogP contribution >= 0.6 is 22.9 Å². The summed E-state index contributed by atoms with van der Waals surface area (Å²) >= 11 is 7.41. The molecule has 10 heteroatoms. The summed E-state index contributed by atoms with van der Waals surface area (Å²) in [6, 6.07) is 2.53. The van der Waals surface area contributed by atoms with Crippen LogP contribution in [0.25, 0.3) is 5.57 Å². The molecule has 1 aliphatic carbocycles. The van der Waals surface area contributed by atoms with Gasteiger partial charge in [-0.1, -0.05) is 48.6 Å². The minimum atomic E-state index is -2.59. The van der Waals surface area contributed by atoms with Gasteiger partial charge in [-0.25, -0.2) is 18.7 Å². The Kier molecular flexibility index (Phi) is 8.86. The first-order valence-electron chi connectivity index (χ1n) is 10.8. The predicted molar refractivity (Wildman–Crippen MR) is 130 cm³/mol. The zero-order valence-electron chi connectivity index (χ0n) is 19.0. The molecule has 1 fully saturated rings. The van der Waals surface area contributed by atoms with Crippen molar-refractivity contribution in [2.75, 3.05) is 12.4 Å². The summed E-state index contributed by atoms with van der Waals surface area (Å²) in [7, 11) is 1.47. The standard InChI is InChI=1S/C22H18ClF2N5OS.C2H6/c1-31-18-11-27-16(21(24)25)6-15(18)14-7-20(23)28-9-13(14)10-29-22-30-17(8-26)19(32-22)5-4-12-2-3-12;1-2/h6-7,9,11-12,16,21,27H,2-3,10H2,1H3,(H,29,30);1-2H3. The number of alkyl halides is 2. The van der Waals surface area contributed by atoms with Crippen molar-refractivity contribution in [1.29, 1.82) is 5.26 Å². The van der Waals surface area contributed by atoms with Gasteiger partial charge >= 0.3 is 0 Å². The molecule has 0 spiro atoms. The first-order valence-corrected chi connectivity index (χ1v) is 12.0. The number of dihydropyridines is 1. The zero-order valence-corrected chi connectivity index (χ0v) is 20.5. The van der Waals surface area contributed by atoms with E-state index in [0.717, 1.165) is 12.8 Å². The van der Waals surface area contributed by atoms with Crippen molar-refractivity contribution in [1.82, 2.24) is 15.3 Å². The molecule has 1 atom stereocenters. The Balaban J connectivity index is 0.00000158. The average molecular weight is 504 g/mol. The lowest BCUT2D eigenvalue weighted by Gasteiger charge is -2.24. The van der Waals surface area contributed by atoms with Crippen LogP contribution < -0.4 is 10.6 Å². The number of halogens is 3. The number of pyridine rings is 1. The Bertz CT molecular complexity index is 1190. The van der Waals surface area contributed by atoms with Crippen molar-refractivity contribution < 1.29 is 13.5 Å². The van der Waals surface area contributed by atoms with Crippen LogP contribution in [0, 0.1) is 29.1 Å². The number of methoxy groups -OCH3 is 1. The second kappa shape index (κ2) is 11.8. The van der Waals surface area contributed by atoms with Crippen LogP contribution in [-0.2, 0) is 11.3 Å². The van der Waals surface area contributed by atoms with E-state index in [1.807, 2.05) is 13.8 Å². The monoisotopic (exact) mass is 503 g/mol. The van der Waals surface area contributed by atoms with E-state index in [1.54, 1.807) is 12.3 Å². The number of rotatable bonds is 6. The van der Waals surface area contributed by atoms with Crippen LogP contribution in [0.3, 0.4) is 0 Å². The SMILES string of the molecule is CC.COC1=CNC(C(F)F)C=C1c1cc(Cl)ncc1CNc1nc(C#N)c(C#CC2CC2)s1. The van der Waals surface area contributed by atoms with Gasteiger partial charge in [0.1, 0.15) is 27.9 Å². The number of nitrogens with one attached hydrogen (secondary N) is 2. The number of anilines is 1. The Morgan fingerprint density at radius 3 is 2.79 bits per heavy atom. The highest BCUT2D eigenvalue weighted by Gasteiger charge is 2.25. The van der Waals surface area contributed by atoms with E-state index in [2.05, 4.69) is 38.5 Å². The van der Waals surface area contributed by atoms with Gasteiger partial charge in [0.05, 0.1) is 7.11 Å². The Morgan fingerprint density at radius 2 is 2.15 bits per heavy atom. The van der Waals surface area contributed by atoms with Crippen LogP contribution in [0.5, 0.6) is 0 Å². The van der Waals surface area contributed by atoms with Crippen molar-refractivity contribution >= 4 is 33.6 Å². The van der Waals surface area contributed by atoms with Crippen molar-refractivity contribution in [3.8, 4) is 17.9 Å². The van der Waals surface area contributed by atoms with E-state index in [1.165, 1.54) is 30.7 Å². The van der Waals surface area contributed by atoms with Crippen LogP contribution in [0.2, 0.25) is 5.15 Å². The topological polar surface area (TPSA) is 82.9 Å². The van der Waals surface area contributed by atoms with Gasteiger partial charge in [0, 0.05) is 30.4 Å². The average Bonchev–Trinajstić information content (AvgIpc) is 3.61. The number of hydrogen-bond donors (Lipinski definition) is 2. The highest BCUT2D eigenvalue weighted by molar-refractivity contribution is 7.16. The van der Waals surface area contributed by atoms with Crippen LogP contribution in [0.1, 0.15) is 48.4 Å². The third-order valence-electron chi connectivity index (χ3n) is 4.88. The van der Waals surface area contributed by atoms with E-state index in [-0.39, 0.29) is 17.4 Å². The maximum absolute atomic E-state index is 13.3. The number of ether oxygens (including phenoxy) is 1. The van der Waals surface area contributed by atoms with Crippen molar-refractivity contribution in [2.45, 2.75) is 45.7 Å². The molecule has 2 aromatic heterocycles. The van der Waals surface area contributed by atoms with E-state index >= 15 is 0 Å². The summed E-state index contributed by atoms with van der Waals surface area (Å²) in [6.07, 6.45) is 4.02. The lowest BCUT2D eigenvalue weighted by molar-refractivity contribution is 0.122. The fourth-order valence-electron chi connectivity index (χ4n) is 3.07. The molecule has 2 N–H and O–H groups in total. The van der Waals surface area contributed by atoms with E-state index in [9.17, 15) is 14.0 Å². The van der Waals surface area contributed by atoms with E-state index < -0.39 is 12.5 Å². The molecule has 178 valence electrons. The first kappa shape index (κ1) is 25.5. The molecule has 0 saturated heterocycles. The number of aromatic nitrogens is 2. The summed E-state index contributed by atoms with van der Waals surface area (Å²) in [6.45, 7) is 4.29. The summed E-state index contributed by atoms with van der Waals surface area (Å²) < 4.78 is 32.0. The Hall–Kier alpha value is -3.14. The van der Waals surface area contributed by atoms with Gasteiger partial charge in [-0.15, -0.1) is 0 Å². The molecule has 1 unspecified atom stereocenters. The lowest BCUT2D eigenvalue weighted by atomic mass is 9.96. The molecule has 2 aliphatic rings. The minimum Gasteiger partial charge on any atom is -0.495 e. The second-order valence-corrected chi connectivity index (χ2v) is 8.58. The van der Waals surface area contributed by atoms with Crippen molar-refractivity contribution in [2.24, 2.45) is 5.92 Å². The summed E-state index contributed by atoms with van der Waals surface area (Å²) in [5.41, 5.74) is 2.09. The zero-order chi connectivity index (χ0) is 24.7. The molecule has 0 bridgehead atoms. The fourth-order valence-corrected chi connectivity index (χ4v) is 4.00. The van der Waals surface area contributed by atoms with Gasteiger partial charge in [0.15, 0.2) is 10.8 Å². The largest absolute Gasteiger partial charge is 0.495 e. The molecule has 0 aromatic carbocycles. The number of thiazole rings is 1. The second-order valence-electron chi connectivity index (χ2n) is 7.19. The number of nitrogens with zero attached hydrogens (tertiary/aromatic N) is 3. The summed E-state index contributed by atoms with van der Waals surface area (Å²) in [5.74, 6) is 7.01. The summed E-state index contributed by atoms with van der Waals surface area (Å²) in [5, 5.41) is 15.9. The van der Waals surface area contributed by atoms with E-state index in [4.69, 9.17) is 16.3 Å². The van der Waals surface area contributed by atoms with Crippen LogP contribution in [0.4, 0.5) is 13.9 Å². The predicted octanol–water partition coefficient (Wildman–Crippen LogP) is 5.57. The molecule has 34 heavy (non-hydrogen) atoms. The third-order valence-corrected chi connectivity index (χ3v) is 6.02. The Morgan fingerprint density at radius 1 is 1.38 bits per heavy atom. The molecule has 3 heterocycles. The third kappa shape index (κ3) is 6.25. The molecule has 2 aromatic rings. The maximum Gasteiger partial charge on any atom is 0.261 e. The van der Waals surface area contributed by atoms with Crippen molar-refractivity contribution in [3.05, 3.63) is 57.1 Å². The normalized spacial score (nSPS) is 16.6. The molecular formula is C24H24ClF2N5OS. The first-order chi connectivity index (χ1) is 16.5. The number of hydrogen-bond acceptors (Lipinski definition) is 7. The highest BCUT2D eigenvalue weighted by atomic mass is 35.5. The molecule has 0 amide bonds. The lowest BCUT2D eigenvalue weighted by Crippen LogP contribution is -2.33. The molecular weight excluding hydrogens is 480 g/mol. The van der Waals surface area contributed by atoms with Gasteiger partial charge in [-0.2, -0.15) is 5.26 Å². The van der Waals surface area contributed by atoms with Gasteiger partial charge in [0.25, 0.3) is 6.43 Å². The quantitative estimate of drug-likeness (QED) is 0.396. The van der Waals surface area contributed by atoms with Gasteiger partial charge in [-0.3, -0.25) is 0 Å². The van der Waals surface area contributed by atoms with Gasteiger partial charge < -0.3 is 15.4 Å². The fraction of sp³-hybridized carbons (Fsp3) is 0.375. The number of allylic oxidation sites excluding steroid dienone is 1. The van der Waals surface area contributed by atoms with Crippen LogP contribution in [0.15, 0.2) is 30.3 Å². The van der Waals surface area contributed by atoms with E-state index in [0.29, 0.717) is 38.4 Å². The maximum atomic E-state index is 13.3. The highest BCUT2D eigenvalue weighted by Crippen LogP contribution is 2.32. The van der Waals surface area contributed by atoms with Gasteiger partial charge in [-0.05, 0) is 36.1 Å². The van der Waals surface area contributed by atoms with Crippen molar-refractivity contribution in [3.63, 3.8) is 0 Å². The van der Waals surface area contributed by atoms with Gasteiger partial charge in [0.2, 0.25) is 0 Å². The number of nitriles is 1. The molecule has 1 aliphatic heterocycles. The minimum absolute atomic E-state index is 0.228. The molecule has 0 radical (unpaired) electrons. The Labute approximate surface area is 206 Å². The van der Waals surface area contributed by atoms with Crippen LogP contribution in [-0.4, -0.2) is 29.5 Å². The molecule has 6 nitrogen and oxygen atoms in total. The molecule has 4 rings (SSSR count). The smallest absolute Gasteiger partial charge is 0.261 e. The summed E-state index contributed by atoms with van der Waals surface area (Å²) in [4.78, 5) is 9.06. The molecule has 1 saturated carbocycles.